The summed E-state index contributed by atoms with van der Waals surface area (Å²) in [4.78, 5) is 30.6. The molecule has 0 saturated carbocycles. The molecule has 0 spiro atoms. The summed E-state index contributed by atoms with van der Waals surface area (Å²) in [5, 5.41) is 3.67. The minimum atomic E-state index is -1.09. The van der Waals surface area contributed by atoms with Gasteiger partial charge in [0.2, 0.25) is 0 Å². The van der Waals surface area contributed by atoms with Crippen molar-refractivity contribution in [3.05, 3.63) is 63.9 Å². The predicted octanol–water partition coefficient (Wildman–Crippen LogP) is 3.75. The Bertz CT molecular complexity index is 795. The van der Waals surface area contributed by atoms with E-state index in [2.05, 4.69) is 10.3 Å². The van der Waals surface area contributed by atoms with Gasteiger partial charge in [-0.15, -0.1) is 0 Å². The number of hydrogen-bond acceptors (Lipinski definition) is 3. The van der Waals surface area contributed by atoms with Crippen LogP contribution in [0.5, 0.6) is 0 Å². The van der Waals surface area contributed by atoms with Gasteiger partial charge >= 0.3 is 6.03 Å². The number of nitrogens with one attached hydrogen (secondary N) is 1. The lowest BCUT2D eigenvalue weighted by Gasteiger charge is -2.26. The molecule has 1 fully saturated rings. The molecular weight excluding hydrogens is 349 g/mol. The third-order valence-corrected chi connectivity index (χ3v) is 4.80. The van der Waals surface area contributed by atoms with Gasteiger partial charge < -0.3 is 5.32 Å². The number of aromatic nitrogens is 1. The highest BCUT2D eigenvalue weighted by Gasteiger charge is 2.51. The van der Waals surface area contributed by atoms with Gasteiger partial charge in [0.05, 0.1) is 6.54 Å². The molecule has 2 aromatic rings. The molecule has 1 saturated heterocycles. The number of halogens is 2. The molecule has 1 unspecified atom stereocenters. The number of hydrogen-bond donors (Lipinski definition) is 1. The van der Waals surface area contributed by atoms with Gasteiger partial charge in [0, 0.05) is 16.8 Å². The van der Waals surface area contributed by atoms with Crippen LogP contribution in [-0.4, -0.2) is 21.8 Å². The number of rotatable bonds is 4. The summed E-state index contributed by atoms with van der Waals surface area (Å²) in [5.41, 5.74) is 0.231. The number of carbonyl (C=O) groups is 2. The van der Waals surface area contributed by atoms with Crippen molar-refractivity contribution < 1.29 is 9.59 Å². The maximum Gasteiger partial charge on any atom is 0.325 e. The fourth-order valence-electron chi connectivity index (χ4n) is 2.85. The molecule has 1 aliphatic heterocycles. The summed E-state index contributed by atoms with van der Waals surface area (Å²) in [5.74, 6) is -0.308. The lowest BCUT2D eigenvalue weighted by Crippen LogP contribution is -2.43. The van der Waals surface area contributed by atoms with Crippen molar-refractivity contribution in [2.75, 3.05) is 0 Å². The first-order valence-corrected chi connectivity index (χ1v) is 8.23. The van der Waals surface area contributed by atoms with Crippen molar-refractivity contribution in [2.45, 2.75) is 25.4 Å². The number of urea groups is 1. The molecule has 1 atom stereocenters. The molecule has 0 aliphatic carbocycles. The first-order chi connectivity index (χ1) is 11.5. The lowest BCUT2D eigenvalue weighted by molar-refractivity contribution is -0.132. The Kier molecular flexibility index (Phi) is 4.47. The Morgan fingerprint density at radius 3 is 2.50 bits per heavy atom. The molecule has 1 aromatic heterocycles. The van der Waals surface area contributed by atoms with Crippen molar-refractivity contribution in [1.82, 2.24) is 15.2 Å². The van der Waals surface area contributed by atoms with Gasteiger partial charge in [0.1, 0.15) is 10.7 Å². The second-order valence-electron chi connectivity index (χ2n) is 5.54. The molecule has 124 valence electrons. The second-order valence-corrected chi connectivity index (χ2v) is 6.34. The molecule has 3 amide bonds. The van der Waals surface area contributed by atoms with Crippen molar-refractivity contribution >= 4 is 35.1 Å². The van der Waals surface area contributed by atoms with Crippen LogP contribution in [0.25, 0.3) is 0 Å². The average molecular weight is 364 g/mol. The topological polar surface area (TPSA) is 62.3 Å². The smallest absolute Gasteiger partial charge is 0.319 e. The normalized spacial score (nSPS) is 20.4. The van der Waals surface area contributed by atoms with Crippen LogP contribution in [0.1, 0.15) is 24.5 Å². The van der Waals surface area contributed by atoms with E-state index in [0.29, 0.717) is 22.6 Å². The summed E-state index contributed by atoms with van der Waals surface area (Å²) in [6.45, 7) is 1.93. The van der Waals surface area contributed by atoms with E-state index in [4.69, 9.17) is 23.2 Å². The van der Waals surface area contributed by atoms with Crippen LogP contribution < -0.4 is 5.32 Å². The van der Waals surface area contributed by atoms with Crippen molar-refractivity contribution in [3.63, 3.8) is 0 Å². The van der Waals surface area contributed by atoms with Crippen molar-refractivity contribution in [2.24, 2.45) is 0 Å². The molecule has 1 aliphatic rings. The molecule has 2 heterocycles. The Balaban J connectivity index is 1.95. The number of imide groups is 1. The fourth-order valence-corrected chi connectivity index (χ4v) is 3.16. The van der Waals surface area contributed by atoms with Crippen LogP contribution in [0.2, 0.25) is 10.2 Å². The number of nitrogens with zero attached hydrogens (tertiary/aromatic N) is 2. The zero-order chi connectivity index (χ0) is 17.3. The van der Waals surface area contributed by atoms with E-state index < -0.39 is 11.6 Å². The van der Waals surface area contributed by atoms with E-state index in [1.54, 1.807) is 42.6 Å². The van der Waals surface area contributed by atoms with Crippen LogP contribution in [0.15, 0.2) is 42.6 Å². The minimum Gasteiger partial charge on any atom is -0.319 e. The molecule has 7 heteroatoms. The molecule has 24 heavy (non-hydrogen) atoms. The van der Waals surface area contributed by atoms with E-state index in [9.17, 15) is 9.59 Å². The quantitative estimate of drug-likeness (QED) is 0.664. The van der Waals surface area contributed by atoms with Gasteiger partial charge in [0.25, 0.3) is 5.91 Å². The zero-order valence-corrected chi connectivity index (χ0v) is 14.4. The third-order valence-electron chi connectivity index (χ3n) is 4.21. The third kappa shape index (κ3) is 2.74. The number of amides is 3. The van der Waals surface area contributed by atoms with E-state index in [1.807, 2.05) is 6.92 Å². The van der Waals surface area contributed by atoms with Crippen LogP contribution in [0.4, 0.5) is 4.79 Å². The Labute approximate surface area is 149 Å². The van der Waals surface area contributed by atoms with E-state index in [-0.39, 0.29) is 17.6 Å². The molecule has 5 nitrogen and oxygen atoms in total. The maximum absolute atomic E-state index is 13.0. The van der Waals surface area contributed by atoms with Crippen LogP contribution in [-0.2, 0) is 16.9 Å². The van der Waals surface area contributed by atoms with Gasteiger partial charge in [-0.3, -0.25) is 9.69 Å². The first kappa shape index (κ1) is 16.7. The summed E-state index contributed by atoms with van der Waals surface area (Å²) in [6.07, 6.45) is 1.98. The predicted molar refractivity (Wildman–Crippen MR) is 91.7 cm³/mol. The standard InChI is InChI=1S/C17H15Cl2N3O2/c1-2-17(12-5-7-13(18)8-6-12)15(23)22(16(24)21-17)10-11-4-3-9-20-14(11)19/h3-9H,2,10H2,1H3,(H,21,24). The summed E-state index contributed by atoms with van der Waals surface area (Å²) in [7, 11) is 0. The van der Waals surface area contributed by atoms with Crippen LogP contribution >= 0.6 is 23.2 Å². The van der Waals surface area contributed by atoms with Gasteiger partial charge in [0.15, 0.2) is 0 Å². The highest BCUT2D eigenvalue weighted by Crippen LogP contribution is 2.34. The maximum atomic E-state index is 13.0. The highest BCUT2D eigenvalue weighted by molar-refractivity contribution is 6.30. The molecular formula is C17H15Cl2N3O2. The number of carbonyl (C=O) groups excluding carboxylic acids is 2. The van der Waals surface area contributed by atoms with Crippen LogP contribution in [0, 0.1) is 0 Å². The van der Waals surface area contributed by atoms with Gasteiger partial charge in [-0.1, -0.05) is 48.3 Å². The summed E-state index contributed by atoms with van der Waals surface area (Å²) >= 11 is 12.0. The Hall–Kier alpha value is -2.11. The molecule has 3 rings (SSSR count). The van der Waals surface area contributed by atoms with Crippen LogP contribution in [0.3, 0.4) is 0 Å². The molecule has 1 N–H and O–H groups in total. The number of pyridine rings is 1. The van der Waals surface area contributed by atoms with E-state index >= 15 is 0 Å². The summed E-state index contributed by atoms with van der Waals surface area (Å²) in [6, 6.07) is 9.92. The van der Waals surface area contributed by atoms with E-state index in [1.165, 1.54) is 4.90 Å². The Morgan fingerprint density at radius 2 is 1.88 bits per heavy atom. The SMILES string of the molecule is CCC1(c2ccc(Cl)cc2)NC(=O)N(Cc2cccnc2Cl)C1=O. The Morgan fingerprint density at radius 1 is 1.17 bits per heavy atom. The average Bonchev–Trinajstić information content (AvgIpc) is 2.82. The largest absolute Gasteiger partial charge is 0.325 e. The minimum absolute atomic E-state index is 0.0761. The van der Waals surface area contributed by atoms with E-state index in [0.717, 1.165) is 0 Å². The van der Waals surface area contributed by atoms with Gasteiger partial charge in [-0.25, -0.2) is 9.78 Å². The summed E-state index contributed by atoms with van der Waals surface area (Å²) < 4.78 is 0. The monoisotopic (exact) mass is 363 g/mol. The lowest BCUT2D eigenvalue weighted by atomic mass is 9.87. The molecule has 1 aromatic carbocycles. The zero-order valence-electron chi connectivity index (χ0n) is 12.9. The first-order valence-electron chi connectivity index (χ1n) is 7.47. The molecule has 0 bridgehead atoms. The van der Waals surface area contributed by atoms with Crippen molar-refractivity contribution in [1.29, 1.82) is 0 Å². The van der Waals surface area contributed by atoms with Crippen molar-refractivity contribution in [3.8, 4) is 0 Å². The fraction of sp³-hybridized carbons (Fsp3) is 0.235. The number of benzene rings is 1. The molecule has 0 radical (unpaired) electrons. The van der Waals surface area contributed by atoms with Gasteiger partial charge in [-0.05, 0) is 30.2 Å². The van der Waals surface area contributed by atoms with Gasteiger partial charge in [-0.2, -0.15) is 0 Å². The second kappa shape index (κ2) is 6.42. The highest BCUT2D eigenvalue weighted by atomic mass is 35.5.